The highest BCUT2D eigenvalue weighted by Crippen LogP contribution is 2.00. The molecule has 2 rings (SSSR count). The van der Waals surface area contributed by atoms with Crippen LogP contribution in [-0.2, 0) is 20.1 Å². The molecule has 0 saturated heterocycles. The zero-order valence-corrected chi connectivity index (χ0v) is 8.10. The second-order valence-electron chi connectivity index (χ2n) is 3.27. The van der Waals surface area contributed by atoms with Crippen LogP contribution in [0.15, 0.2) is 35.2 Å². The molecule has 2 aromatic rings. The predicted octanol–water partition coefficient (Wildman–Crippen LogP) is 1.30. The fraction of sp³-hybridized carbons (Fsp3) is 0.300. The Bertz CT molecular complexity index is 378. The van der Waals surface area contributed by atoms with Crippen molar-refractivity contribution in [3.8, 4) is 0 Å². The average molecular weight is 191 g/mol. The third kappa shape index (κ3) is 2.23. The Hall–Kier alpha value is -1.55. The van der Waals surface area contributed by atoms with E-state index in [1.165, 1.54) is 5.56 Å². The Morgan fingerprint density at radius 3 is 3.00 bits per heavy atom. The van der Waals surface area contributed by atoms with Gasteiger partial charge >= 0.3 is 0 Å². The van der Waals surface area contributed by atoms with E-state index in [0.717, 1.165) is 18.8 Å². The van der Waals surface area contributed by atoms with Crippen LogP contribution in [0.1, 0.15) is 11.3 Å². The monoisotopic (exact) mass is 191 g/mol. The summed E-state index contributed by atoms with van der Waals surface area (Å²) in [6.45, 7) is 1.57. The van der Waals surface area contributed by atoms with Crippen molar-refractivity contribution in [1.29, 1.82) is 0 Å². The Balaban J connectivity index is 1.78. The van der Waals surface area contributed by atoms with E-state index in [2.05, 4.69) is 22.7 Å². The second kappa shape index (κ2) is 4.11. The van der Waals surface area contributed by atoms with Crippen LogP contribution in [0.25, 0.3) is 0 Å². The van der Waals surface area contributed by atoms with E-state index in [1.807, 2.05) is 23.9 Å². The van der Waals surface area contributed by atoms with E-state index in [4.69, 9.17) is 4.52 Å². The van der Waals surface area contributed by atoms with Crippen molar-refractivity contribution >= 4 is 0 Å². The predicted molar refractivity (Wildman–Crippen MR) is 52.5 cm³/mol. The van der Waals surface area contributed by atoms with Gasteiger partial charge < -0.3 is 14.4 Å². The largest absolute Gasteiger partial charge is 0.360 e. The summed E-state index contributed by atoms with van der Waals surface area (Å²) < 4.78 is 6.99. The molecule has 0 aliphatic carbocycles. The Morgan fingerprint density at radius 1 is 1.43 bits per heavy atom. The van der Waals surface area contributed by atoms with Crippen LogP contribution in [0.3, 0.4) is 0 Å². The standard InChI is InChI=1S/C10H13N3O/c1-13-5-3-9(8-13)6-11-7-10-2-4-12-14-10/h2-5,8,11H,6-7H2,1H3. The third-order valence-electron chi connectivity index (χ3n) is 2.01. The maximum atomic E-state index is 4.96. The molecule has 14 heavy (non-hydrogen) atoms. The van der Waals surface area contributed by atoms with Gasteiger partial charge in [-0.25, -0.2) is 0 Å². The molecule has 1 N–H and O–H groups in total. The van der Waals surface area contributed by atoms with Crippen molar-refractivity contribution in [2.24, 2.45) is 7.05 Å². The summed E-state index contributed by atoms with van der Waals surface area (Å²) in [5.74, 6) is 0.862. The molecule has 0 amide bonds. The lowest BCUT2D eigenvalue weighted by Crippen LogP contribution is -2.11. The van der Waals surface area contributed by atoms with Crippen molar-refractivity contribution in [3.63, 3.8) is 0 Å². The minimum absolute atomic E-state index is 0.717. The van der Waals surface area contributed by atoms with Crippen molar-refractivity contribution < 1.29 is 4.52 Å². The maximum Gasteiger partial charge on any atom is 0.150 e. The summed E-state index contributed by atoms with van der Waals surface area (Å²) in [6.07, 6.45) is 5.78. The summed E-state index contributed by atoms with van der Waals surface area (Å²) >= 11 is 0. The molecular weight excluding hydrogens is 178 g/mol. The summed E-state index contributed by atoms with van der Waals surface area (Å²) in [5.41, 5.74) is 1.27. The van der Waals surface area contributed by atoms with Gasteiger partial charge in [-0.15, -0.1) is 0 Å². The Kier molecular flexibility index (Phi) is 2.65. The molecule has 4 nitrogen and oxygen atoms in total. The normalized spacial score (nSPS) is 10.6. The van der Waals surface area contributed by atoms with Gasteiger partial charge in [0.1, 0.15) is 5.76 Å². The molecule has 2 aromatic heterocycles. The molecule has 0 aliphatic heterocycles. The number of aromatic nitrogens is 2. The van der Waals surface area contributed by atoms with E-state index in [0.29, 0.717) is 0 Å². The smallest absolute Gasteiger partial charge is 0.150 e. The minimum atomic E-state index is 0.717. The van der Waals surface area contributed by atoms with Gasteiger partial charge in [-0.2, -0.15) is 0 Å². The molecule has 2 heterocycles. The molecule has 0 aromatic carbocycles. The number of aryl methyl sites for hydroxylation is 1. The molecule has 0 saturated carbocycles. The van der Waals surface area contributed by atoms with Crippen LogP contribution in [-0.4, -0.2) is 9.72 Å². The first-order valence-corrected chi connectivity index (χ1v) is 4.56. The lowest BCUT2D eigenvalue weighted by molar-refractivity contribution is 0.373. The highest BCUT2D eigenvalue weighted by atomic mass is 16.5. The Labute approximate surface area is 82.5 Å². The summed E-state index contributed by atoms with van der Waals surface area (Å²) in [4.78, 5) is 0. The third-order valence-corrected chi connectivity index (χ3v) is 2.01. The van der Waals surface area contributed by atoms with Crippen LogP contribution in [0, 0.1) is 0 Å². The van der Waals surface area contributed by atoms with Crippen molar-refractivity contribution in [1.82, 2.24) is 15.0 Å². The molecule has 0 aliphatic rings. The van der Waals surface area contributed by atoms with Gasteiger partial charge in [0.15, 0.2) is 0 Å². The minimum Gasteiger partial charge on any atom is -0.360 e. The number of rotatable bonds is 4. The first-order chi connectivity index (χ1) is 6.84. The summed E-state index contributed by atoms with van der Waals surface area (Å²) in [6, 6.07) is 3.95. The highest BCUT2D eigenvalue weighted by molar-refractivity contribution is 5.09. The molecule has 0 bridgehead atoms. The van der Waals surface area contributed by atoms with Gasteiger partial charge in [0, 0.05) is 32.1 Å². The average Bonchev–Trinajstić information content (AvgIpc) is 2.77. The van der Waals surface area contributed by atoms with Gasteiger partial charge in [0.05, 0.1) is 12.7 Å². The molecule has 4 heteroatoms. The molecule has 0 spiro atoms. The van der Waals surface area contributed by atoms with Crippen molar-refractivity contribution in [3.05, 3.63) is 42.0 Å². The first-order valence-electron chi connectivity index (χ1n) is 4.56. The van der Waals surface area contributed by atoms with E-state index < -0.39 is 0 Å². The summed E-state index contributed by atoms with van der Waals surface area (Å²) in [7, 11) is 2.01. The zero-order valence-electron chi connectivity index (χ0n) is 8.10. The fourth-order valence-electron chi connectivity index (χ4n) is 1.33. The van der Waals surface area contributed by atoms with Gasteiger partial charge in [0.25, 0.3) is 0 Å². The van der Waals surface area contributed by atoms with Gasteiger partial charge in [-0.05, 0) is 11.6 Å². The second-order valence-corrected chi connectivity index (χ2v) is 3.27. The number of nitrogens with zero attached hydrogens (tertiary/aromatic N) is 2. The number of hydrogen-bond donors (Lipinski definition) is 1. The quantitative estimate of drug-likeness (QED) is 0.792. The highest BCUT2D eigenvalue weighted by Gasteiger charge is 1.97. The van der Waals surface area contributed by atoms with Crippen LogP contribution in [0.2, 0.25) is 0 Å². The van der Waals surface area contributed by atoms with E-state index >= 15 is 0 Å². The SMILES string of the molecule is Cn1ccc(CNCc2ccno2)c1. The first kappa shape index (κ1) is 9.02. The number of nitrogens with one attached hydrogen (secondary N) is 1. The Morgan fingerprint density at radius 2 is 2.36 bits per heavy atom. The molecule has 0 atom stereocenters. The van der Waals surface area contributed by atoms with Crippen LogP contribution in [0.5, 0.6) is 0 Å². The van der Waals surface area contributed by atoms with Crippen LogP contribution >= 0.6 is 0 Å². The van der Waals surface area contributed by atoms with E-state index in [-0.39, 0.29) is 0 Å². The lowest BCUT2D eigenvalue weighted by Gasteiger charge is -1.98. The summed E-state index contributed by atoms with van der Waals surface area (Å²) in [5, 5.41) is 6.90. The molecule has 0 unspecified atom stereocenters. The topological polar surface area (TPSA) is 43.0 Å². The van der Waals surface area contributed by atoms with Crippen molar-refractivity contribution in [2.45, 2.75) is 13.1 Å². The van der Waals surface area contributed by atoms with Gasteiger partial charge in [-0.1, -0.05) is 5.16 Å². The van der Waals surface area contributed by atoms with Crippen molar-refractivity contribution in [2.75, 3.05) is 0 Å². The van der Waals surface area contributed by atoms with Gasteiger partial charge in [0.2, 0.25) is 0 Å². The van der Waals surface area contributed by atoms with Crippen LogP contribution in [0.4, 0.5) is 0 Å². The lowest BCUT2D eigenvalue weighted by atomic mass is 10.3. The zero-order chi connectivity index (χ0) is 9.80. The molecular formula is C10H13N3O. The number of hydrogen-bond acceptors (Lipinski definition) is 3. The fourth-order valence-corrected chi connectivity index (χ4v) is 1.33. The molecule has 0 radical (unpaired) electrons. The maximum absolute atomic E-state index is 4.96. The van der Waals surface area contributed by atoms with E-state index in [9.17, 15) is 0 Å². The van der Waals surface area contributed by atoms with E-state index in [1.54, 1.807) is 6.20 Å². The van der Waals surface area contributed by atoms with Crippen LogP contribution < -0.4 is 5.32 Å². The molecule has 74 valence electrons. The molecule has 0 fully saturated rings. The van der Waals surface area contributed by atoms with Gasteiger partial charge in [-0.3, -0.25) is 0 Å².